The highest BCUT2D eigenvalue weighted by Crippen LogP contribution is 2.18. The van der Waals surface area contributed by atoms with E-state index in [0.29, 0.717) is 24.3 Å². The molecule has 0 fully saturated rings. The van der Waals surface area contributed by atoms with Gasteiger partial charge in [-0.2, -0.15) is 0 Å². The first-order chi connectivity index (χ1) is 13.8. The van der Waals surface area contributed by atoms with Gasteiger partial charge >= 0.3 is 5.97 Å². The number of unbranched alkanes of at least 4 members (excludes halogenated alkanes) is 2. The number of carbonyl (C=O) groups is 2. The maximum absolute atomic E-state index is 12.0. The zero-order chi connectivity index (χ0) is 21.3. The summed E-state index contributed by atoms with van der Waals surface area (Å²) < 4.78 is 16.8. The summed E-state index contributed by atoms with van der Waals surface area (Å²) in [6.07, 6.45) is 3.68. The van der Waals surface area contributed by atoms with E-state index < -0.39 is 5.60 Å². The number of benzene rings is 2. The minimum absolute atomic E-state index is 0.333. The molecule has 0 spiro atoms. The molecular weight excluding hydrogens is 368 g/mol. The van der Waals surface area contributed by atoms with E-state index in [2.05, 4.69) is 0 Å². The van der Waals surface area contributed by atoms with Crippen molar-refractivity contribution in [2.45, 2.75) is 52.6 Å². The molecule has 2 aromatic carbocycles. The van der Waals surface area contributed by atoms with Crippen molar-refractivity contribution < 1.29 is 23.8 Å². The maximum atomic E-state index is 12.0. The maximum Gasteiger partial charge on any atom is 0.338 e. The van der Waals surface area contributed by atoms with Crippen LogP contribution in [0.4, 0.5) is 0 Å². The predicted molar refractivity (Wildman–Crippen MR) is 113 cm³/mol. The van der Waals surface area contributed by atoms with Crippen molar-refractivity contribution >= 4 is 12.3 Å². The molecule has 0 aliphatic carbocycles. The van der Waals surface area contributed by atoms with Gasteiger partial charge in [-0.1, -0.05) is 0 Å². The topological polar surface area (TPSA) is 61.8 Å². The highest BCUT2D eigenvalue weighted by Gasteiger charge is 2.17. The van der Waals surface area contributed by atoms with Crippen LogP contribution < -0.4 is 9.47 Å². The molecule has 156 valence electrons. The van der Waals surface area contributed by atoms with Crippen molar-refractivity contribution in [3.8, 4) is 11.5 Å². The molecule has 0 N–H and O–H groups in total. The molecule has 0 aliphatic rings. The molecule has 0 radical (unpaired) electrons. The van der Waals surface area contributed by atoms with Crippen LogP contribution in [0.15, 0.2) is 42.5 Å². The number of carbonyl (C=O) groups excluding carboxylic acids is 2. The van der Waals surface area contributed by atoms with Gasteiger partial charge in [-0.3, -0.25) is 4.79 Å². The van der Waals surface area contributed by atoms with Crippen molar-refractivity contribution in [1.82, 2.24) is 0 Å². The average Bonchev–Trinajstić information content (AvgIpc) is 2.66. The smallest absolute Gasteiger partial charge is 0.338 e. The number of ether oxygens (including phenoxy) is 3. The van der Waals surface area contributed by atoms with E-state index in [1.165, 1.54) is 0 Å². The van der Waals surface area contributed by atoms with Gasteiger partial charge in [0.1, 0.15) is 23.4 Å². The third-order valence-electron chi connectivity index (χ3n) is 4.18. The molecule has 0 unspecified atom stereocenters. The Hall–Kier alpha value is -2.82. The fraction of sp³-hybridized carbons (Fsp3) is 0.417. The van der Waals surface area contributed by atoms with E-state index in [-0.39, 0.29) is 5.97 Å². The minimum Gasteiger partial charge on any atom is -0.494 e. The van der Waals surface area contributed by atoms with E-state index in [1.807, 2.05) is 39.8 Å². The van der Waals surface area contributed by atoms with Crippen LogP contribution in [0.25, 0.3) is 0 Å². The molecule has 29 heavy (non-hydrogen) atoms. The normalized spacial score (nSPS) is 11.0. The number of aldehydes is 1. The zero-order valence-electron chi connectivity index (χ0n) is 17.7. The van der Waals surface area contributed by atoms with Crippen LogP contribution in [-0.4, -0.2) is 31.1 Å². The van der Waals surface area contributed by atoms with E-state index in [1.54, 1.807) is 30.3 Å². The number of aryl methyl sites for hydroxylation is 1. The molecule has 5 heteroatoms. The Morgan fingerprint density at radius 3 is 2.03 bits per heavy atom. The van der Waals surface area contributed by atoms with Crippen LogP contribution in [0.1, 0.15) is 66.3 Å². The Balaban J connectivity index is 1.62. The number of hydrogen-bond donors (Lipinski definition) is 0. The van der Waals surface area contributed by atoms with Crippen molar-refractivity contribution in [3.05, 3.63) is 59.2 Å². The second-order valence-corrected chi connectivity index (χ2v) is 7.92. The molecule has 0 atom stereocenters. The zero-order valence-corrected chi connectivity index (χ0v) is 17.7. The Labute approximate surface area is 173 Å². The van der Waals surface area contributed by atoms with Crippen LogP contribution in [0.2, 0.25) is 0 Å². The lowest BCUT2D eigenvalue weighted by Gasteiger charge is -2.19. The summed E-state index contributed by atoms with van der Waals surface area (Å²) in [5.74, 6) is 1.19. The Morgan fingerprint density at radius 2 is 1.48 bits per heavy atom. The van der Waals surface area contributed by atoms with Crippen LogP contribution in [0, 0.1) is 6.92 Å². The molecule has 0 bridgehead atoms. The van der Waals surface area contributed by atoms with Gasteiger partial charge in [-0.25, -0.2) is 4.79 Å². The quantitative estimate of drug-likeness (QED) is 0.305. The molecule has 0 aliphatic heterocycles. The minimum atomic E-state index is -0.506. The summed E-state index contributed by atoms with van der Waals surface area (Å²) in [6, 6.07) is 12.5. The summed E-state index contributed by atoms with van der Waals surface area (Å²) >= 11 is 0. The Bertz CT molecular complexity index is 803. The van der Waals surface area contributed by atoms with E-state index in [4.69, 9.17) is 14.2 Å². The summed E-state index contributed by atoms with van der Waals surface area (Å²) in [7, 11) is 0. The van der Waals surface area contributed by atoms with E-state index in [9.17, 15) is 9.59 Å². The van der Waals surface area contributed by atoms with Crippen molar-refractivity contribution in [2.24, 2.45) is 0 Å². The predicted octanol–water partition coefficient (Wildman–Crippen LogP) is 5.39. The highest BCUT2D eigenvalue weighted by molar-refractivity contribution is 5.89. The Morgan fingerprint density at radius 1 is 0.897 bits per heavy atom. The molecule has 0 heterocycles. The lowest BCUT2D eigenvalue weighted by molar-refractivity contribution is 0.00694. The number of esters is 1. The monoisotopic (exact) mass is 398 g/mol. The third kappa shape index (κ3) is 7.98. The number of hydrogen-bond acceptors (Lipinski definition) is 5. The summed E-state index contributed by atoms with van der Waals surface area (Å²) in [5, 5.41) is 0. The van der Waals surface area contributed by atoms with E-state index in [0.717, 1.165) is 42.6 Å². The van der Waals surface area contributed by atoms with Crippen molar-refractivity contribution in [1.29, 1.82) is 0 Å². The first-order valence-corrected chi connectivity index (χ1v) is 9.93. The van der Waals surface area contributed by atoms with Gasteiger partial charge < -0.3 is 14.2 Å². The van der Waals surface area contributed by atoms with Gasteiger partial charge in [0.15, 0.2) is 0 Å². The van der Waals surface area contributed by atoms with Gasteiger partial charge in [0.05, 0.1) is 18.8 Å². The average molecular weight is 398 g/mol. The van der Waals surface area contributed by atoms with Gasteiger partial charge in [-0.15, -0.1) is 0 Å². The van der Waals surface area contributed by atoms with Crippen LogP contribution in [-0.2, 0) is 4.74 Å². The fourth-order valence-electron chi connectivity index (χ4n) is 2.66. The van der Waals surface area contributed by atoms with Gasteiger partial charge in [-0.05, 0) is 95.0 Å². The molecular formula is C24H30O5. The summed E-state index contributed by atoms with van der Waals surface area (Å²) in [4.78, 5) is 22.8. The van der Waals surface area contributed by atoms with Gasteiger partial charge in [0, 0.05) is 5.56 Å². The van der Waals surface area contributed by atoms with Crippen LogP contribution >= 0.6 is 0 Å². The molecule has 5 nitrogen and oxygen atoms in total. The van der Waals surface area contributed by atoms with Crippen LogP contribution in [0.3, 0.4) is 0 Å². The highest BCUT2D eigenvalue weighted by atomic mass is 16.6. The second kappa shape index (κ2) is 10.6. The first-order valence-electron chi connectivity index (χ1n) is 9.93. The Kier molecular flexibility index (Phi) is 8.25. The fourth-order valence-corrected chi connectivity index (χ4v) is 2.66. The number of rotatable bonds is 10. The molecule has 2 aromatic rings. The largest absolute Gasteiger partial charge is 0.494 e. The van der Waals surface area contributed by atoms with Gasteiger partial charge in [0.25, 0.3) is 0 Å². The molecule has 0 aromatic heterocycles. The molecule has 0 saturated carbocycles. The third-order valence-corrected chi connectivity index (χ3v) is 4.18. The summed E-state index contributed by atoms with van der Waals surface area (Å²) in [5.41, 5.74) is 1.62. The SMILES string of the molecule is Cc1cc(OCCCCCOc2ccc(C(=O)OC(C)(C)C)cc2)ccc1C=O. The van der Waals surface area contributed by atoms with Crippen molar-refractivity contribution in [2.75, 3.05) is 13.2 Å². The lowest BCUT2D eigenvalue weighted by Crippen LogP contribution is -2.23. The van der Waals surface area contributed by atoms with Crippen LogP contribution in [0.5, 0.6) is 11.5 Å². The molecule has 2 rings (SSSR count). The molecule has 0 saturated heterocycles. The standard InChI is InChI=1S/C24H30O5/c1-18-16-22(13-10-20(18)17-25)28-15-7-5-6-14-27-21-11-8-19(9-12-21)23(26)29-24(2,3)4/h8-13,16-17H,5-7,14-15H2,1-4H3. The lowest BCUT2D eigenvalue weighted by atomic mass is 10.1. The van der Waals surface area contributed by atoms with Crippen molar-refractivity contribution in [3.63, 3.8) is 0 Å². The van der Waals surface area contributed by atoms with E-state index >= 15 is 0 Å². The molecule has 0 amide bonds. The first kappa shape index (κ1) is 22.5. The second-order valence-electron chi connectivity index (χ2n) is 7.92. The van der Waals surface area contributed by atoms with Gasteiger partial charge in [0.2, 0.25) is 0 Å². The summed E-state index contributed by atoms with van der Waals surface area (Å²) in [6.45, 7) is 8.67.